The van der Waals surface area contributed by atoms with Crippen LogP contribution in [0.25, 0.3) is 129 Å². The largest absolute Gasteiger partial charge is 0.135 e. The highest BCUT2D eigenvalue weighted by Crippen LogP contribution is 2.53. The van der Waals surface area contributed by atoms with E-state index in [4.69, 9.17) is 0 Å². The van der Waals surface area contributed by atoms with Gasteiger partial charge in [0.2, 0.25) is 0 Å². The van der Waals surface area contributed by atoms with E-state index >= 15 is 0 Å². The maximum atomic E-state index is 2.48. The minimum absolute atomic E-state index is 0.0897. The third-order valence-electron chi connectivity index (χ3n) is 14.2. The van der Waals surface area contributed by atoms with Gasteiger partial charge < -0.3 is 0 Å². The first-order valence-corrected chi connectivity index (χ1v) is 21.9. The minimum atomic E-state index is -0.0897. The second-order valence-corrected chi connectivity index (χ2v) is 18.6. The fourth-order valence-electron chi connectivity index (χ4n) is 11.3. The standard InChI is InChI=1S/C59H36S/c1-59(2)52-27-20-33-9-3-4-10-40(33)58(52)47-26-19-37(30-53(47)59)39-23-16-35-17-24-45-38(22-15-34-18-25-46(39)57(35)56(34)45)36-21-28-54-50(29-36)51-31-48-43-13-7-5-11-41(43)42-12-6-8-14-44(42)49(48)32-55(51)60-54/h3-32H,1-2H3. The van der Waals surface area contributed by atoms with Gasteiger partial charge in [0.05, 0.1) is 0 Å². The van der Waals surface area contributed by atoms with E-state index in [-0.39, 0.29) is 5.41 Å². The maximum Gasteiger partial charge on any atom is 0.0362 e. The Morgan fingerprint density at radius 1 is 0.317 bits per heavy atom. The number of benzene rings is 12. The van der Waals surface area contributed by atoms with Crippen LogP contribution in [-0.2, 0) is 5.41 Å². The Hall–Kier alpha value is -7.06. The van der Waals surface area contributed by atoms with Crippen LogP contribution in [0, 0.1) is 0 Å². The third kappa shape index (κ3) is 4.25. The molecule has 1 aromatic heterocycles. The summed E-state index contributed by atoms with van der Waals surface area (Å²) in [6, 6.07) is 69.3. The molecule has 60 heavy (non-hydrogen) atoms. The summed E-state index contributed by atoms with van der Waals surface area (Å²) in [5, 5.41) is 21.1. The van der Waals surface area contributed by atoms with E-state index in [0.717, 1.165) is 0 Å². The number of thiophene rings is 1. The first-order valence-electron chi connectivity index (χ1n) is 21.1. The molecule has 0 radical (unpaired) electrons. The molecule has 0 amide bonds. The highest BCUT2D eigenvalue weighted by Gasteiger charge is 2.36. The molecule has 14 rings (SSSR count). The van der Waals surface area contributed by atoms with Gasteiger partial charge in [0, 0.05) is 25.6 Å². The fraction of sp³-hybridized carbons (Fsp3) is 0.0508. The molecule has 1 heterocycles. The van der Waals surface area contributed by atoms with E-state index in [1.165, 1.54) is 140 Å². The van der Waals surface area contributed by atoms with Gasteiger partial charge in [-0.05, 0) is 150 Å². The Morgan fingerprint density at radius 2 is 0.833 bits per heavy atom. The highest BCUT2D eigenvalue weighted by atomic mass is 32.1. The van der Waals surface area contributed by atoms with Crippen LogP contribution in [0.3, 0.4) is 0 Å². The monoisotopic (exact) mass is 776 g/mol. The molecule has 0 spiro atoms. The molecule has 0 atom stereocenters. The Labute approximate surface area is 350 Å². The van der Waals surface area contributed by atoms with E-state index < -0.39 is 0 Å². The average molecular weight is 777 g/mol. The van der Waals surface area contributed by atoms with Gasteiger partial charge in [-0.25, -0.2) is 0 Å². The van der Waals surface area contributed by atoms with Crippen LogP contribution in [-0.4, -0.2) is 0 Å². The molecule has 0 aliphatic heterocycles. The minimum Gasteiger partial charge on any atom is -0.135 e. The van der Waals surface area contributed by atoms with Gasteiger partial charge in [-0.15, -0.1) is 11.3 Å². The zero-order chi connectivity index (χ0) is 39.4. The van der Waals surface area contributed by atoms with E-state index in [1.54, 1.807) is 0 Å². The van der Waals surface area contributed by atoms with E-state index in [2.05, 4.69) is 196 Å². The smallest absolute Gasteiger partial charge is 0.0362 e. The molecule has 0 nitrogen and oxygen atoms in total. The molecule has 0 unspecified atom stereocenters. The molecular formula is C59H36S. The van der Waals surface area contributed by atoms with Gasteiger partial charge in [-0.2, -0.15) is 0 Å². The number of hydrogen-bond donors (Lipinski definition) is 0. The highest BCUT2D eigenvalue weighted by molar-refractivity contribution is 7.25. The molecule has 12 aromatic carbocycles. The molecule has 0 saturated carbocycles. The third-order valence-corrected chi connectivity index (χ3v) is 15.3. The average Bonchev–Trinajstić information content (AvgIpc) is 3.77. The fourth-order valence-corrected chi connectivity index (χ4v) is 12.4. The summed E-state index contributed by atoms with van der Waals surface area (Å²) in [7, 11) is 0. The van der Waals surface area contributed by atoms with Gasteiger partial charge in [-0.1, -0.05) is 166 Å². The van der Waals surface area contributed by atoms with Crippen molar-refractivity contribution in [2.75, 3.05) is 0 Å². The molecule has 0 bridgehead atoms. The molecule has 1 aliphatic carbocycles. The van der Waals surface area contributed by atoms with Crippen molar-refractivity contribution in [3.8, 4) is 33.4 Å². The summed E-state index contributed by atoms with van der Waals surface area (Å²) in [4.78, 5) is 0. The van der Waals surface area contributed by atoms with E-state index in [9.17, 15) is 0 Å². The Bertz CT molecular complexity index is 4030. The normalized spacial score (nSPS) is 13.6. The summed E-state index contributed by atoms with van der Waals surface area (Å²) in [6.07, 6.45) is 0. The van der Waals surface area contributed by atoms with Crippen molar-refractivity contribution >= 4 is 107 Å². The molecule has 0 saturated heterocycles. The van der Waals surface area contributed by atoms with E-state index in [1.807, 2.05) is 11.3 Å². The summed E-state index contributed by atoms with van der Waals surface area (Å²) >= 11 is 1.91. The van der Waals surface area contributed by atoms with Crippen LogP contribution in [0.2, 0.25) is 0 Å². The second kappa shape index (κ2) is 11.6. The van der Waals surface area contributed by atoms with Gasteiger partial charge in [0.1, 0.15) is 0 Å². The molecule has 1 heteroatoms. The van der Waals surface area contributed by atoms with Crippen LogP contribution in [0.5, 0.6) is 0 Å². The number of fused-ring (bicyclic) bond motifs is 14. The van der Waals surface area contributed by atoms with Crippen molar-refractivity contribution in [2.24, 2.45) is 0 Å². The Balaban J connectivity index is 0.949. The SMILES string of the molecule is CC1(C)c2cc(-c3ccc4ccc5c(-c6ccc7sc8cc9c%10ccccc%10c%10ccccc%10c9cc8c7c6)ccc6ccc3c4c65)ccc2-c2c1ccc1ccccc21. The van der Waals surface area contributed by atoms with Crippen molar-refractivity contribution in [1.29, 1.82) is 0 Å². The Kier molecular flexibility index (Phi) is 6.33. The van der Waals surface area contributed by atoms with Crippen molar-refractivity contribution in [1.82, 2.24) is 0 Å². The van der Waals surface area contributed by atoms with Crippen LogP contribution in [0.4, 0.5) is 0 Å². The Morgan fingerprint density at radius 3 is 1.52 bits per heavy atom. The maximum absolute atomic E-state index is 2.48. The number of hydrogen-bond acceptors (Lipinski definition) is 1. The lowest BCUT2D eigenvalue weighted by molar-refractivity contribution is 0.661. The summed E-state index contributed by atoms with van der Waals surface area (Å²) in [5.74, 6) is 0. The molecular weight excluding hydrogens is 741 g/mol. The van der Waals surface area contributed by atoms with Crippen LogP contribution < -0.4 is 0 Å². The van der Waals surface area contributed by atoms with Crippen molar-refractivity contribution < 1.29 is 0 Å². The van der Waals surface area contributed by atoms with Gasteiger partial charge in [0.15, 0.2) is 0 Å². The first kappa shape index (κ1) is 32.8. The van der Waals surface area contributed by atoms with Gasteiger partial charge in [0.25, 0.3) is 0 Å². The second-order valence-electron chi connectivity index (χ2n) is 17.5. The van der Waals surface area contributed by atoms with Crippen LogP contribution in [0.1, 0.15) is 25.0 Å². The first-order chi connectivity index (χ1) is 29.5. The van der Waals surface area contributed by atoms with Crippen molar-refractivity contribution in [2.45, 2.75) is 19.3 Å². The topological polar surface area (TPSA) is 0 Å². The summed E-state index contributed by atoms with van der Waals surface area (Å²) in [6.45, 7) is 4.79. The van der Waals surface area contributed by atoms with Gasteiger partial charge in [-0.3, -0.25) is 0 Å². The number of rotatable bonds is 2. The molecule has 278 valence electrons. The molecule has 1 aliphatic rings. The quantitative estimate of drug-likeness (QED) is 0.153. The lowest BCUT2D eigenvalue weighted by atomic mass is 9.81. The molecule has 0 fully saturated rings. The van der Waals surface area contributed by atoms with Crippen molar-refractivity contribution in [3.05, 3.63) is 193 Å². The zero-order valence-electron chi connectivity index (χ0n) is 33.2. The van der Waals surface area contributed by atoms with Crippen molar-refractivity contribution in [3.63, 3.8) is 0 Å². The summed E-state index contributed by atoms with van der Waals surface area (Å²) < 4.78 is 2.67. The van der Waals surface area contributed by atoms with E-state index in [0.29, 0.717) is 0 Å². The summed E-state index contributed by atoms with van der Waals surface area (Å²) in [5.41, 5.74) is 10.6. The predicted octanol–water partition coefficient (Wildman–Crippen LogP) is 17.2. The lowest BCUT2D eigenvalue weighted by Crippen LogP contribution is -2.15. The van der Waals surface area contributed by atoms with Gasteiger partial charge >= 0.3 is 0 Å². The van der Waals surface area contributed by atoms with Crippen LogP contribution in [0.15, 0.2) is 182 Å². The zero-order valence-corrected chi connectivity index (χ0v) is 34.0. The molecule has 0 N–H and O–H groups in total. The predicted molar refractivity (Wildman–Crippen MR) is 261 cm³/mol. The lowest BCUT2D eigenvalue weighted by Gasteiger charge is -2.22. The molecule has 13 aromatic rings. The van der Waals surface area contributed by atoms with Crippen LogP contribution >= 0.6 is 11.3 Å².